The fourth-order valence-electron chi connectivity index (χ4n) is 2.80. The number of aryl methyl sites for hydroxylation is 3. The highest BCUT2D eigenvalue weighted by Crippen LogP contribution is 2.22. The zero-order valence-corrected chi connectivity index (χ0v) is 15.0. The molecule has 0 radical (unpaired) electrons. The molecular formula is C20H20ClN3O. The Bertz CT molecular complexity index is 901. The second-order valence-corrected chi connectivity index (χ2v) is 6.40. The molecule has 3 rings (SSSR count). The van der Waals surface area contributed by atoms with Crippen LogP contribution >= 0.6 is 11.6 Å². The Morgan fingerprint density at radius 2 is 1.84 bits per heavy atom. The summed E-state index contributed by atoms with van der Waals surface area (Å²) in [6.45, 7) is 3.95. The molecule has 1 heterocycles. The number of para-hydroxylation sites is 2. The third kappa shape index (κ3) is 4.09. The van der Waals surface area contributed by atoms with Gasteiger partial charge in [0, 0.05) is 17.1 Å². The van der Waals surface area contributed by atoms with E-state index in [9.17, 15) is 4.79 Å². The van der Waals surface area contributed by atoms with Crippen LogP contribution in [-0.2, 0) is 11.2 Å². The lowest BCUT2D eigenvalue weighted by atomic mass is 10.1. The van der Waals surface area contributed by atoms with Gasteiger partial charge in [-0.3, -0.25) is 4.79 Å². The average Bonchev–Trinajstić information content (AvgIpc) is 2.93. The fraction of sp³-hybridized carbons (Fsp3) is 0.200. The fourth-order valence-corrected chi connectivity index (χ4v) is 3.03. The van der Waals surface area contributed by atoms with Crippen LogP contribution in [-0.4, -0.2) is 15.7 Å². The number of rotatable bonds is 5. The average molecular weight is 354 g/mol. The molecule has 1 amide bonds. The predicted molar refractivity (Wildman–Crippen MR) is 101 cm³/mol. The lowest BCUT2D eigenvalue weighted by Crippen LogP contribution is -2.15. The molecule has 0 fully saturated rings. The Hall–Kier alpha value is -2.59. The summed E-state index contributed by atoms with van der Waals surface area (Å²) in [5, 5.41) is 8.19. The Labute approximate surface area is 152 Å². The van der Waals surface area contributed by atoms with E-state index >= 15 is 0 Å². The van der Waals surface area contributed by atoms with Gasteiger partial charge in [-0.25, -0.2) is 4.68 Å². The maximum absolute atomic E-state index is 12.4. The highest BCUT2D eigenvalue weighted by molar-refractivity contribution is 6.31. The second kappa shape index (κ2) is 7.53. The van der Waals surface area contributed by atoms with Gasteiger partial charge in [-0.2, -0.15) is 5.10 Å². The summed E-state index contributed by atoms with van der Waals surface area (Å²) in [5.41, 5.74) is 4.55. The number of anilines is 1. The maximum Gasteiger partial charge on any atom is 0.224 e. The molecule has 128 valence electrons. The monoisotopic (exact) mass is 353 g/mol. The largest absolute Gasteiger partial charge is 0.324 e. The van der Waals surface area contributed by atoms with Gasteiger partial charge < -0.3 is 5.32 Å². The first-order valence-electron chi connectivity index (χ1n) is 8.20. The number of benzene rings is 2. The molecular weight excluding hydrogens is 334 g/mol. The van der Waals surface area contributed by atoms with Gasteiger partial charge in [0.05, 0.1) is 17.1 Å². The zero-order chi connectivity index (χ0) is 17.8. The van der Waals surface area contributed by atoms with Crippen LogP contribution < -0.4 is 5.32 Å². The Morgan fingerprint density at radius 1 is 1.12 bits per heavy atom. The number of hydrogen-bond donors (Lipinski definition) is 1. The van der Waals surface area contributed by atoms with Crippen LogP contribution in [0.15, 0.2) is 54.6 Å². The van der Waals surface area contributed by atoms with Crippen molar-refractivity contribution in [1.82, 2.24) is 9.78 Å². The van der Waals surface area contributed by atoms with Gasteiger partial charge in [0.1, 0.15) is 0 Å². The predicted octanol–water partition coefficient (Wildman–Crippen LogP) is 4.71. The second-order valence-electron chi connectivity index (χ2n) is 6.00. The van der Waals surface area contributed by atoms with E-state index in [4.69, 9.17) is 11.6 Å². The topological polar surface area (TPSA) is 46.9 Å². The molecule has 3 aromatic rings. The minimum absolute atomic E-state index is 0.0473. The van der Waals surface area contributed by atoms with E-state index in [0.717, 1.165) is 28.3 Å². The van der Waals surface area contributed by atoms with Gasteiger partial charge in [0.25, 0.3) is 0 Å². The quantitative estimate of drug-likeness (QED) is 0.721. The van der Waals surface area contributed by atoms with E-state index in [1.165, 1.54) is 0 Å². The lowest BCUT2D eigenvalue weighted by molar-refractivity contribution is -0.116. The van der Waals surface area contributed by atoms with Crippen LogP contribution in [0.4, 0.5) is 5.69 Å². The SMILES string of the molecule is Cc1cc(C)n(-c2ccccc2NC(=O)CCc2ccccc2Cl)n1. The van der Waals surface area contributed by atoms with Gasteiger partial charge in [-0.05, 0) is 50.1 Å². The van der Waals surface area contributed by atoms with Crippen molar-refractivity contribution in [3.8, 4) is 5.69 Å². The molecule has 25 heavy (non-hydrogen) atoms. The minimum atomic E-state index is -0.0473. The first-order chi connectivity index (χ1) is 12.0. The van der Waals surface area contributed by atoms with Gasteiger partial charge in [0.15, 0.2) is 0 Å². The van der Waals surface area contributed by atoms with Crippen LogP contribution in [0.3, 0.4) is 0 Å². The van der Waals surface area contributed by atoms with Crippen molar-refractivity contribution in [2.24, 2.45) is 0 Å². The van der Waals surface area contributed by atoms with E-state index < -0.39 is 0 Å². The smallest absolute Gasteiger partial charge is 0.224 e. The van der Waals surface area contributed by atoms with Crippen molar-refractivity contribution in [3.63, 3.8) is 0 Å². The molecule has 0 saturated carbocycles. The van der Waals surface area contributed by atoms with Crippen molar-refractivity contribution in [1.29, 1.82) is 0 Å². The van der Waals surface area contributed by atoms with Crippen LogP contribution in [0.2, 0.25) is 5.02 Å². The summed E-state index contributed by atoms with van der Waals surface area (Å²) >= 11 is 6.15. The lowest BCUT2D eigenvalue weighted by Gasteiger charge is -2.12. The number of aromatic nitrogens is 2. The highest BCUT2D eigenvalue weighted by Gasteiger charge is 2.11. The van der Waals surface area contributed by atoms with E-state index in [-0.39, 0.29) is 5.91 Å². The van der Waals surface area contributed by atoms with Crippen molar-refractivity contribution in [2.75, 3.05) is 5.32 Å². The number of nitrogens with one attached hydrogen (secondary N) is 1. The number of halogens is 1. The van der Waals surface area contributed by atoms with Crippen molar-refractivity contribution < 1.29 is 4.79 Å². The van der Waals surface area contributed by atoms with Gasteiger partial charge >= 0.3 is 0 Å². The van der Waals surface area contributed by atoms with Crippen molar-refractivity contribution in [3.05, 3.63) is 76.6 Å². The summed E-state index contributed by atoms with van der Waals surface area (Å²) in [6, 6.07) is 17.3. The molecule has 0 bridgehead atoms. The van der Waals surface area contributed by atoms with Crippen LogP contribution in [0.25, 0.3) is 5.69 Å². The van der Waals surface area contributed by atoms with Gasteiger partial charge in [0.2, 0.25) is 5.91 Å². The molecule has 0 unspecified atom stereocenters. The molecule has 4 nitrogen and oxygen atoms in total. The van der Waals surface area contributed by atoms with Gasteiger partial charge in [-0.1, -0.05) is 41.9 Å². The molecule has 0 atom stereocenters. The Balaban J connectivity index is 1.74. The zero-order valence-electron chi connectivity index (χ0n) is 14.3. The molecule has 1 N–H and O–H groups in total. The number of carbonyl (C=O) groups excluding carboxylic acids is 1. The standard InChI is InChI=1S/C20H20ClN3O/c1-14-13-15(2)24(23-14)19-10-6-5-9-18(19)22-20(25)12-11-16-7-3-4-8-17(16)21/h3-10,13H,11-12H2,1-2H3,(H,22,25). The third-order valence-corrected chi connectivity index (χ3v) is 4.36. The number of amides is 1. The summed E-state index contributed by atoms with van der Waals surface area (Å²) < 4.78 is 1.85. The summed E-state index contributed by atoms with van der Waals surface area (Å²) in [7, 11) is 0. The third-order valence-electron chi connectivity index (χ3n) is 4.00. The molecule has 0 saturated heterocycles. The molecule has 0 aliphatic rings. The molecule has 2 aromatic carbocycles. The van der Waals surface area contributed by atoms with Crippen molar-refractivity contribution in [2.45, 2.75) is 26.7 Å². The normalized spacial score (nSPS) is 10.7. The number of nitrogens with zero attached hydrogens (tertiary/aromatic N) is 2. The molecule has 0 aliphatic heterocycles. The van der Waals surface area contributed by atoms with E-state index in [2.05, 4.69) is 10.4 Å². The van der Waals surface area contributed by atoms with E-state index in [1.54, 1.807) is 0 Å². The molecule has 5 heteroatoms. The molecule has 1 aromatic heterocycles. The first kappa shape index (κ1) is 17.2. The Kier molecular flexibility index (Phi) is 5.19. The molecule has 0 spiro atoms. The van der Waals surface area contributed by atoms with Gasteiger partial charge in [-0.15, -0.1) is 0 Å². The summed E-state index contributed by atoms with van der Waals surface area (Å²) in [5.74, 6) is -0.0473. The Morgan fingerprint density at radius 3 is 2.56 bits per heavy atom. The van der Waals surface area contributed by atoms with Crippen molar-refractivity contribution >= 4 is 23.2 Å². The van der Waals surface area contributed by atoms with E-state index in [1.807, 2.05) is 73.1 Å². The first-order valence-corrected chi connectivity index (χ1v) is 8.58. The molecule has 0 aliphatic carbocycles. The van der Waals surface area contributed by atoms with E-state index in [0.29, 0.717) is 17.9 Å². The van der Waals surface area contributed by atoms with Crippen LogP contribution in [0.1, 0.15) is 23.4 Å². The highest BCUT2D eigenvalue weighted by atomic mass is 35.5. The minimum Gasteiger partial charge on any atom is -0.324 e. The number of carbonyl (C=O) groups is 1. The summed E-state index contributed by atoms with van der Waals surface area (Å²) in [4.78, 5) is 12.4. The maximum atomic E-state index is 12.4. The number of hydrogen-bond acceptors (Lipinski definition) is 2. The summed E-state index contributed by atoms with van der Waals surface area (Å²) in [6.07, 6.45) is 0.975. The van der Waals surface area contributed by atoms with Crippen LogP contribution in [0.5, 0.6) is 0 Å². The van der Waals surface area contributed by atoms with Crippen LogP contribution in [0, 0.1) is 13.8 Å².